The van der Waals surface area contributed by atoms with Gasteiger partial charge in [-0.3, -0.25) is 10.0 Å². The summed E-state index contributed by atoms with van der Waals surface area (Å²) in [6, 6.07) is 8.92. The maximum atomic E-state index is 13.6. The largest absolute Gasteiger partial charge is 0.494 e. The third-order valence-electron chi connectivity index (χ3n) is 6.14. The Balaban J connectivity index is 0.00000462. The molecule has 1 saturated heterocycles. The highest BCUT2D eigenvalue weighted by molar-refractivity contribution is 7.99. The molecule has 226 valence electrons. The number of thioether (sulfide) groups is 1. The summed E-state index contributed by atoms with van der Waals surface area (Å²) < 4.78 is 62.5. The maximum absolute atomic E-state index is 13.6. The van der Waals surface area contributed by atoms with Gasteiger partial charge in [0.05, 0.1) is 12.4 Å². The van der Waals surface area contributed by atoms with Crippen LogP contribution in [0.25, 0.3) is 10.4 Å². The van der Waals surface area contributed by atoms with E-state index in [-0.39, 0.29) is 35.5 Å². The number of thiophene rings is 1. The molecule has 2 aromatic heterocycles. The van der Waals surface area contributed by atoms with Crippen molar-refractivity contribution in [2.24, 2.45) is 7.05 Å². The maximum Gasteiger partial charge on any atom is 0.263 e. The van der Waals surface area contributed by atoms with Gasteiger partial charge in [-0.1, -0.05) is 11.8 Å². The molecule has 3 heterocycles. The normalized spacial score (nSPS) is 16.7. The summed E-state index contributed by atoms with van der Waals surface area (Å²) in [5, 5.41) is 17.7. The molecule has 18 heteroatoms. The van der Waals surface area contributed by atoms with Crippen molar-refractivity contribution in [3.8, 4) is 16.2 Å². The van der Waals surface area contributed by atoms with Gasteiger partial charge in [-0.15, -0.1) is 33.9 Å². The Hall–Kier alpha value is -2.25. The van der Waals surface area contributed by atoms with Crippen molar-refractivity contribution in [1.82, 2.24) is 28.9 Å². The first-order valence-electron chi connectivity index (χ1n) is 12.3. The first kappa shape index (κ1) is 33.3. The standard InChI is InChI=1S/C23H30N6O7S4.ClH/c1-3-36-18-7-5-17(6-8-18)20-9-10-21(38-20)40(34,35)29-12-11-28(15-19(29)22(30)26-31)39(32,33)14-4-13-37-23-25-24-16-27(23)2;/h5-10,16,19,31H,3-4,11-15H2,1-2H3,(H,26,30);1H/t19-;/m1./s1. The number of aryl methyl sites for hydroxylation is 1. The predicted octanol–water partition coefficient (Wildman–Crippen LogP) is 2.06. The molecule has 0 aliphatic carbocycles. The van der Waals surface area contributed by atoms with Crippen LogP contribution in [-0.4, -0.2) is 95.1 Å². The molecular formula is C23H31ClN6O7S4. The van der Waals surface area contributed by atoms with E-state index >= 15 is 0 Å². The number of sulfonamides is 2. The van der Waals surface area contributed by atoms with Crippen LogP contribution in [0.1, 0.15) is 13.3 Å². The van der Waals surface area contributed by atoms with Crippen molar-refractivity contribution < 1.29 is 31.6 Å². The van der Waals surface area contributed by atoms with Crippen molar-refractivity contribution in [3.05, 3.63) is 42.7 Å². The van der Waals surface area contributed by atoms with Crippen LogP contribution in [-0.2, 0) is 31.9 Å². The predicted molar refractivity (Wildman–Crippen MR) is 157 cm³/mol. The molecular weight excluding hydrogens is 636 g/mol. The van der Waals surface area contributed by atoms with Crippen LogP contribution < -0.4 is 10.2 Å². The van der Waals surface area contributed by atoms with E-state index in [1.807, 2.05) is 19.1 Å². The Morgan fingerprint density at radius 2 is 1.90 bits per heavy atom. The van der Waals surface area contributed by atoms with E-state index in [0.717, 1.165) is 25.5 Å². The number of rotatable bonds is 12. The fourth-order valence-corrected chi connectivity index (χ4v) is 9.63. The van der Waals surface area contributed by atoms with Gasteiger partial charge in [0.1, 0.15) is 22.3 Å². The van der Waals surface area contributed by atoms with Gasteiger partial charge in [0.25, 0.3) is 15.9 Å². The van der Waals surface area contributed by atoms with Crippen LogP contribution in [0.15, 0.2) is 52.1 Å². The minimum Gasteiger partial charge on any atom is -0.494 e. The lowest BCUT2D eigenvalue weighted by molar-refractivity contribution is -0.134. The second-order valence-electron chi connectivity index (χ2n) is 8.78. The van der Waals surface area contributed by atoms with Crippen LogP contribution in [0.5, 0.6) is 5.75 Å². The Bertz CT molecular complexity index is 1530. The number of hydroxylamine groups is 1. The van der Waals surface area contributed by atoms with E-state index < -0.39 is 38.5 Å². The molecule has 0 unspecified atom stereocenters. The molecule has 2 N–H and O–H groups in total. The van der Waals surface area contributed by atoms with Crippen molar-refractivity contribution in [1.29, 1.82) is 0 Å². The molecule has 3 aromatic rings. The molecule has 1 fully saturated rings. The molecule has 1 atom stereocenters. The number of piperazine rings is 1. The van der Waals surface area contributed by atoms with Crippen LogP contribution in [0.4, 0.5) is 0 Å². The number of benzene rings is 1. The van der Waals surface area contributed by atoms with Crippen LogP contribution in [0, 0.1) is 0 Å². The molecule has 0 saturated carbocycles. The number of hydrogen-bond donors (Lipinski definition) is 2. The van der Waals surface area contributed by atoms with Crippen molar-refractivity contribution in [2.75, 3.05) is 37.7 Å². The van der Waals surface area contributed by atoms with Crippen LogP contribution >= 0.6 is 35.5 Å². The third kappa shape index (κ3) is 7.78. The van der Waals surface area contributed by atoms with Gasteiger partial charge in [0, 0.05) is 37.3 Å². The van der Waals surface area contributed by atoms with E-state index in [4.69, 9.17) is 4.74 Å². The van der Waals surface area contributed by atoms with Gasteiger partial charge in [-0.05, 0) is 55.3 Å². The molecule has 13 nitrogen and oxygen atoms in total. The monoisotopic (exact) mass is 666 g/mol. The van der Waals surface area contributed by atoms with Crippen molar-refractivity contribution >= 4 is 61.5 Å². The van der Waals surface area contributed by atoms with E-state index in [1.165, 1.54) is 23.3 Å². The zero-order chi connectivity index (χ0) is 28.9. The summed E-state index contributed by atoms with van der Waals surface area (Å²) in [5.74, 6) is -0.0143. The van der Waals surface area contributed by atoms with Crippen LogP contribution in [0.3, 0.4) is 0 Å². The SMILES string of the molecule is CCOc1ccc(-c2ccc(S(=O)(=O)N3CCN(S(=O)(=O)CCCSc4nncn4C)C[C@@H]3C(=O)NO)s2)cc1.Cl. The Morgan fingerprint density at radius 1 is 1.17 bits per heavy atom. The van der Waals surface area contributed by atoms with Crippen molar-refractivity contribution in [3.63, 3.8) is 0 Å². The number of nitrogens with one attached hydrogen (secondary N) is 1. The smallest absolute Gasteiger partial charge is 0.263 e. The van der Waals surface area contributed by atoms with Gasteiger partial charge in [-0.2, -0.15) is 8.61 Å². The van der Waals surface area contributed by atoms with Gasteiger partial charge in [0.2, 0.25) is 10.0 Å². The Morgan fingerprint density at radius 3 is 2.54 bits per heavy atom. The minimum atomic E-state index is -4.17. The second-order valence-corrected chi connectivity index (χ2v) is 15.1. The number of hydrogen-bond acceptors (Lipinski definition) is 11. The molecule has 1 aliphatic heterocycles. The van der Waals surface area contributed by atoms with E-state index in [1.54, 1.807) is 36.1 Å². The van der Waals surface area contributed by atoms with Crippen LogP contribution in [0.2, 0.25) is 0 Å². The fourth-order valence-electron chi connectivity index (χ4n) is 4.12. The summed E-state index contributed by atoms with van der Waals surface area (Å²) in [5.41, 5.74) is 2.29. The van der Waals surface area contributed by atoms with Gasteiger partial charge in [0.15, 0.2) is 5.16 Å². The Labute approximate surface area is 253 Å². The highest BCUT2D eigenvalue weighted by atomic mass is 35.5. The summed E-state index contributed by atoms with van der Waals surface area (Å²) in [6.07, 6.45) is 1.87. The zero-order valence-corrected chi connectivity index (χ0v) is 26.3. The number of amides is 1. The number of aromatic nitrogens is 3. The third-order valence-corrected chi connectivity index (χ3v) is 12.7. The molecule has 0 spiro atoms. The summed E-state index contributed by atoms with van der Waals surface area (Å²) >= 11 is 2.41. The van der Waals surface area contributed by atoms with Gasteiger partial charge < -0.3 is 9.30 Å². The van der Waals surface area contributed by atoms with E-state index in [9.17, 15) is 26.8 Å². The number of nitrogens with zero attached hydrogens (tertiary/aromatic N) is 5. The molecule has 0 bridgehead atoms. The lowest BCUT2D eigenvalue weighted by Gasteiger charge is -2.38. The summed E-state index contributed by atoms with van der Waals surface area (Å²) in [4.78, 5) is 13.2. The Kier molecular flexibility index (Phi) is 11.6. The summed E-state index contributed by atoms with van der Waals surface area (Å²) in [7, 11) is -6.18. The average Bonchev–Trinajstić information content (AvgIpc) is 3.61. The summed E-state index contributed by atoms with van der Waals surface area (Å²) in [6.45, 7) is 1.63. The van der Waals surface area contributed by atoms with E-state index in [2.05, 4.69) is 10.2 Å². The van der Waals surface area contributed by atoms with Gasteiger partial charge >= 0.3 is 0 Å². The topological polar surface area (TPSA) is 164 Å². The molecule has 1 amide bonds. The highest BCUT2D eigenvalue weighted by Crippen LogP contribution is 2.34. The van der Waals surface area contributed by atoms with E-state index in [0.29, 0.717) is 34.6 Å². The molecule has 4 rings (SSSR count). The number of ether oxygens (including phenoxy) is 1. The quantitative estimate of drug-likeness (QED) is 0.127. The molecule has 0 radical (unpaired) electrons. The molecule has 1 aromatic carbocycles. The zero-order valence-electron chi connectivity index (χ0n) is 22.2. The lowest BCUT2D eigenvalue weighted by Crippen LogP contribution is -2.61. The fraction of sp³-hybridized carbons (Fsp3) is 0.435. The molecule has 1 aliphatic rings. The lowest BCUT2D eigenvalue weighted by atomic mass is 10.2. The molecule has 41 heavy (non-hydrogen) atoms. The number of halogens is 1. The average molecular weight is 667 g/mol. The first-order chi connectivity index (χ1) is 19.1. The number of carbonyl (C=O) groups excluding carboxylic acids is 1. The first-order valence-corrected chi connectivity index (χ1v) is 17.2. The number of carbonyl (C=O) groups is 1. The van der Waals surface area contributed by atoms with Gasteiger partial charge in [-0.25, -0.2) is 22.3 Å². The minimum absolute atomic E-state index is 0. The second kappa shape index (κ2) is 14.3. The van der Waals surface area contributed by atoms with Crippen molar-refractivity contribution in [2.45, 2.75) is 28.8 Å². The highest BCUT2D eigenvalue weighted by Gasteiger charge is 2.43.